The summed E-state index contributed by atoms with van der Waals surface area (Å²) >= 11 is 13.3. The molecule has 9 heteroatoms. The minimum absolute atomic E-state index is 0.105. The maximum Gasteiger partial charge on any atom is 0.234 e. The average molecular weight is 451 g/mol. The molecule has 0 fully saturated rings. The molecule has 1 N–H and O–H groups in total. The van der Waals surface area contributed by atoms with E-state index >= 15 is 0 Å². The monoisotopic (exact) mass is 450 g/mol. The summed E-state index contributed by atoms with van der Waals surface area (Å²) in [4.78, 5) is 12.2. The van der Waals surface area contributed by atoms with Crippen LogP contribution >= 0.6 is 35.0 Å². The van der Waals surface area contributed by atoms with Gasteiger partial charge in [0, 0.05) is 17.8 Å². The van der Waals surface area contributed by atoms with Crippen molar-refractivity contribution in [2.24, 2.45) is 7.05 Å². The van der Waals surface area contributed by atoms with Crippen molar-refractivity contribution in [3.8, 4) is 5.75 Å². The second-order valence-electron chi connectivity index (χ2n) is 6.46. The molecule has 6 nitrogen and oxygen atoms in total. The molecule has 152 valence electrons. The number of thioether (sulfide) groups is 1. The van der Waals surface area contributed by atoms with E-state index in [-0.39, 0.29) is 18.3 Å². The molecule has 1 heterocycles. The lowest BCUT2D eigenvalue weighted by molar-refractivity contribution is -0.113. The number of amides is 1. The Morgan fingerprint density at radius 1 is 1.14 bits per heavy atom. The van der Waals surface area contributed by atoms with Crippen molar-refractivity contribution in [3.05, 3.63) is 63.4 Å². The highest BCUT2D eigenvalue weighted by Gasteiger charge is 2.13. The van der Waals surface area contributed by atoms with Crippen LogP contribution in [-0.2, 0) is 18.4 Å². The first-order valence-electron chi connectivity index (χ1n) is 8.79. The zero-order valence-corrected chi connectivity index (χ0v) is 18.5. The Balaban J connectivity index is 1.55. The van der Waals surface area contributed by atoms with Crippen LogP contribution in [0.1, 0.15) is 17.0 Å². The second kappa shape index (κ2) is 9.52. The van der Waals surface area contributed by atoms with Crippen molar-refractivity contribution in [1.82, 2.24) is 14.8 Å². The third-order valence-corrected chi connectivity index (χ3v) is 5.85. The number of rotatable bonds is 7. The Kier molecular flexibility index (Phi) is 7.05. The quantitative estimate of drug-likeness (QED) is 0.510. The molecule has 3 rings (SSSR count). The maximum absolute atomic E-state index is 12.2. The lowest BCUT2D eigenvalue weighted by atomic mass is 10.1. The Hall–Kier alpha value is -2.22. The molecular formula is C20H20Cl2N4O2S. The van der Waals surface area contributed by atoms with Gasteiger partial charge in [-0.05, 0) is 55.3 Å². The van der Waals surface area contributed by atoms with E-state index in [0.29, 0.717) is 26.8 Å². The van der Waals surface area contributed by atoms with Gasteiger partial charge in [0.25, 0.3) is 0 Å². The molecule has 2 aromatic carbocycles. The minimum atomic E-state index is -0.105. The van der Waals surface area contributed by atoms with Gasteiger partial charge in [0.05, 0.1) is 10.8 Å². The number of hydrogen-bond acceptors (Lipinski definition) is 5. The van der Waals surface area contributed by atoms with Crippen LogP contribution in [0.4, 0.5) is 5.69 Å². The number of anilines is 1. The molecule has 0 aliphatic heterocycles. The molecule has 0 spiro atoms. The molecule has 1 aromatic heterocycles. The molecule has 0 unspecified atom stereocenters. The summed E-state index contributed by atoms with van der Waals surface area (Å²) in [6, 6.07) is 10.9. The molecule has 0 aliphatic carbocycles. The number of aryl methyl sites for hydroxylation is 2. The molecule has 0 radical (unpaired) electrons. The van der Waals surface area contributed by atoms with Gasteiger partial charge in [0.2, 0.25) is 5.91 Å². The van der Waals surface area contributed by atoms with Crippen molar-refractivity contribution in [2.75, 3.05) is 11.1 Å². The second-order valence-corrected chi connectivity index (χ2v) is 8.24. The van der Waals surface area contributed by atoms with Crippen LogP contribution < -0.4 is 10.1 Å². The van der Waals surface area contributed by atoms with E-state index < -0.39 is 0 Å². The Bertz CT molecular complexity index is 1040. The highest BCUT2D eigenvalue weighted by molar-refractivity contribution is 7.99. The predicted molar refractivity (Wildman–Crippen MR) is 117 cm³/mol. The van der Waals surface area contributed by atoms with Crippen LogP contribution in [0.5, 0.6) is 5.75 Å². The van der Waals surface area contributed by atoms with E-state index in [1.54, 1.807) is 22.8 Å². The molecular weight excluding hydrogens is 431 g/mol. The van der Waals surface area contributed by atoms with Gasteiger partial charge < -0.3 is 14.6 Å². The van der Waals surface area contributed by atoms with Crippen molar-refractivity contribution in [3.63, 3.8) is 0 Å². The highest BCUT2D eigenvalue weighted by atomic mass is 35.5. The van der Waals surface area contributed by atoms with Crippen LogP contribution in [0.15, 0.2) is 41.6 Å². The Morgan fingerprint density at radius 2 is 1.93 bits per heavy atom. The number of nitrogens with one attached hydrogen (secondary N) is 1. The first kappa shape index (κ1) is 21.5. The van der Waals surface area contributed by atoms with Crippen LogP contribution in [-0.4, -0.2) is 26.4 Å². The average Bonchev–Trinajstić information content (AvgIpc) is 3.02. The predicted octanol–water partition coefficient (Wildman–Crippen LogP) is 5.05. The van der Waals surface area contributed by atoms with Crippen molar-refractivity contribution < 1.29 is 9.53 Å². The van der Waals surface area contributed by atoms with E-state index in [0.717, 1.165) is 11.3 Å². The molecule has 3 aromatic rings. The molecule has 0 saturated carbocycles. The number of nitrogens with zero attached hydrogens (tertiary/aromatic N) is 3. The van der Waals surface area contributed by atoms with Gasteiger partial charge in [-0.3, -0.25) is 4.79 Å². The van der Waals surface area contributed by atoms with Crippen LogP contribution in [0.2, 0.25) is 10.0 Å². The molecule has 0 aliphatic rings. The van der Waals surface area contributed by atoms with Crippen LogP contribution in [0, 0.1) is 13.8 Å². The van der Waals surface area contributed by atoms with Crippen LogP contribution in [0.3, 0.4) is 0 Å². The number of carbonyl (C=O) groups excluding carboxylic acids is 1. The van der Waals surface area contributed by atoms with Gasteiger partial charge in [-0.25, -0.2) is 0 Å². The van der Waals surface area contributed by atoms with Gasteiger partial charge >= 0.3 is 0 Å². The van der Waals surface area contributed by atoms with E-state index in [1.807, 2.05) is 39.1 Å². The number of hydrogen-bond donors (Lipinski definition) is 1. The maximum atomic E-state index is 12.2. The fraction of sp³-hybridized carbons (Fsp3) is 0.250. The first-order valence-corrected chi connectivity index (χ1v) is 10.5. The third kappa shape index (κ3) is 5.65. The normalized spacial score (nSPS) is 10.8. The fourth-order valence-electron chi connectivity index (χ4n) is 2.48. The lowest BCUT2D eigenvalue weighted by Gasteiger charge is -2.09. The molecule has 0 atom stereocenters. The fourth-order valence-corrected chi connectivity index (χ4v) is 3.67. The van der Waals surface area contributed by atoms with Gasteiger partial charge in [-0.15, -0.1) is 10.2 Å². The number of carbonyl (C=O) groups is 1. The smallest absolute Gasteiger partial charge is 0.234 e. The molecule has 1 amide bonds. The van der Waals surface area contributed by atoms with E-state index in [1.165, 1.54) is 17.3 Å². The largest absolute Gasteiger partial charge is 0.484 e. The lowest BCUT2D eigenvalue weighted by Crippen LogP contribution is -2.14. The van der Waals surface area contributed by atoms with E-state index in [4.69, 9.17) is 27.9 Å². The summed E-state index contributed by atoms with van der Waals surface area (Å²) in [5, 5.41) is 12.7. The molecule has 0 bridgehead atoms. The minimum Gasteiger partial charge on any atom is -0.484 e. The van der Waals surface area contributed by atoms with Crippen molar-refractivity contribution in [2.45, 2.75) is 25.6 Å². The number of halogens is 2. The zero-order chi connectivity index (χ0) is 21.0. The number of aromatic nitrogens is 3. The molecule has 0 saturated heterocycles. The third-order valence-electron chi connectivity index (χ3n) is 4.30. The summed E-state index contributed by atoms with van der Waals surface area (Å²) < 4.78 is 7.48. The van der Waals surface area contributed by atoms with Crippen molar-refractivity contribution >= 4 is 46.6 Å². The van der Waals surface area contributed by atoms with E-state index in [2.05, 4.69) is 15.5 Å². The standard InChI is InChI=1S/C20H20Cl2N4O2S/c1-12-4-6-15(8-13(12)2)23-19(27)11-29-20-25-24-18(26(20)3)10-28-17-7-5-14(21)9-16(17)22/h4-9H,10-11H2,1-3H3,(H,23,27). The summed E-state index contributed by atoms with van der Waals surface area (Å²) in [5.74, 6) is 1.25. The summed E-state index contributed by atoms with van der Waals surface area (Å²) in [6.45, 7) is 4.24. The van der Waals surface area contributed by atoms with Gasteiger partial charge in [-0.2, -0.15) is 0 Å². The van der Waals surface area contributed by atoms with Gasteiger partial charge in [0.1, 0.15) is 12.4 Å². The molecule has 29 heavy (non-hydrogen) atoms. The first-order chi connectivity index (χ1) is 13.8. The highest BCUT2D eigenvalue weighted by Crippen LogP contribution is 2.28. The summed E-state index contributed by atoms with van der Waals surface area (Å²) in [6.07, 6.45) is 0. The summed E-state index contributed by atoms with van der Waals surface area (Å²) in [5.41, 5.74) is 3.10. The van der Waals surface area contributed by atoms with E-state index in [9.17, 15) is 4.79 Å². The Morgan fingerprint density at radius 3 is 2.66 bits per heavy atom. The zero-order valence-electron chi connectivity index (χ0n) is 16.2. The summed E-state index contributed by atoms with van der Waals surface area (Å²) in [7, 11) is 1.83. The Labute approximate surface area is 183 Å². The van der Waals surface area contributed by atoms with Crippen molar-refractivity contribution in [1.29, 1.82) is 0 Å². The van der Waals surface area contributed by atoms with Gasteiger partial charge in [-0.1, -0.05) is 41.0 Å². The topological polar surface area (TPSA) is 69.0 Å². The number of benzene rings is 2. The van der Waals surface area contributed by atoms with Gasteiger partial charge in [0.15, 0.2) is 11.0 Å². The van der Waals surface area contributed by atoms with Crippen LogP contribution in [0.25, 0.3) is 0 Å². The number of ether oxygens (including phenoxy) is 1. The SMILES string of the molecule is Cc1ccc(NC(=O)CSc2nnc(COc3ccc(Cl)cc3Cl)n2C)cc1C.